The van der Waals surface area contributed by atoms with Crippen LogP contribution in [-0.4, -0.2) is 20.7 Å². The lowest BCUT2D eigenvalue weighted by Gasteiger charge is -2.02. The molecule has 0 spiro atoms. The Labute approximate surface area is 123 Å². The molecule has 0 saturated heterocycles. The zero-order valence-corrected chi connectivity index (χ0v) is 12.0. The summed E-state index contributed by atoms with van der Waals surface area (Å²) in [6, 6.07) is 10.3. The van der Waals surface area contributed by atoms with Crippen molar-refractivity contribution in [1.82, 2.24) is 14.8 Å². The molecule has 0 fully saturated rings. The zero-order valence-electron chi connectivity index (χ0n) is 11.1. The van der Waals surface area contributed by atoms with Gasteiger partial charge in [-0.25, -0.2) is 14.5 Å². The highest BCUT2D eigenvalue weighted by molar-refractivity contribution is 7.18. The third-order valence-electron chi connectivity index (χ3n) is 2.83. The van der Waals surface area contributed by atoms with Gasteiger partial charge in [0.1, 0.15) is 11.6 Å². The maximum atomic E-state index is 11.9. The topological polar surface area (TPSA) is 74.1 Å². The number of hydrogen-bond donors (Lipinski definition) is 0. The molecule has 2 aromatic heterocycles. The summed E-state index contributed by atoms with van der Waals surface area (Å²) in [6.07, 6.45) is 0. The van der Waals surface area contributed by atoms with Crippen LogP contribution in [0.2, 0.25) is 0 Å². The average molecular weight is 301 g/mol. The molecule has 21 heavy (non-hydrogen) atoms. The van der Waals surface area contributed by atoms with Gasteiger partial charge in [0.25, 0.3) is 5.56 Å². The number of benzene rings is 1. The van der Waals surface area contributed by atoms with Gasteiger partial charge in [-0.1, -0.05) is 12.1 Å². The molecule has 0 amide bonds. The van der Waals surface area contributed by atoms with E-state index in [1.165, 1.54) is 30.5 Å². The van der Waals surface area contributed by atoms with Crippen molar-refractivity contribution in [3.63, 3.8) is 0 Å². The zero-order chi connectivity index (χ0) is 14.8. The van der Waals surface area contributed by atoms with Crippen molar-refractivity contribution in [2.45, 2.75) is 6.61 Å². The van der Waals surface area contributed by atoms with Gasteiger partial charge in [0, 0.05) is 13.1 Å². The number of carbonyl (C=O) groups is 1. The smallest absolute Gasteiger partial charge is 0.359 e. The molecule has 0 aliphatic rings. The van der Waals surface area contributed by atoms with Crippen LogP contribution in [0.4, 0.5) is 0 Å². The summed E-state index contributed by atoms with van der Waals surface area (Å²) in [4.78, 5) is 27.5. The highest BCUT2D eigenvalue weighted by Crippen LogP contribution is 2.22. The molecule has 7 heteroatoms. The normalized spacial score (nSPS) is 10.7. The second-order valence-electron chi connectivity index (χ2n) is 4.33. The number of carbonyl (C=O) groups excluding carboxylic acids is 1. The standard InChI is InChI=1S/C14H11N3O3S/c1-17-13(18)7-6-10(16-17)14(19)20-8-12-15-9-4-2-3-5-11(9)21-12/h2-7H,8H2,1H3. The van der Waals surface area contributed by atoms with E-state index in [1.807, 2.05) is 24.3 Å². The summed E-state index contributed by atoms with van der Waals surface area (Å²) in [5, 5.41) is 4.56. The molecule has 0 atom stereocenters. The van der Waals surface area contributed by atoms with E-state index in [1.54, 1.807) is 0 Å². The lowest BCUT2D eigenvalue weighted by molar-refractivity contribution is 0.0462. The van der Waals surface area contributed by atoms with Gasteiger partial charge in [-0.15, -0.1) is 11.3 Å². The van der Waals surface area contributed by atoms with Gasteiger partial charge in [0.2, 0.25) is 0 Å². The summed E-state index contributed by atoms with van der Waals surface area (Å²) in [7, 11) is 1.48. The van der Waals surface area contributed by atoms with E-state index in [4.69, 9.17) is 4.74 Å². The Morgan fingerprint density at radius 1 is 1.29 bits per heavy atom. The average Bonchev–Trinajstić information content (AvgIpc) is 2.90. The van der Waals surface area contributed by atoms with Crippen LogP contribution < -0.4 is 5.56 Å². The third kappa shape index (κ3) is 2.82. The molecule has 3 aromatic rings. The van der Waals surface area contributed by atoms with Gasteiger partial charge in [-0.2, -0.15) is 5.10 Å². The number of fused-ring (bicyclic) bond motifs is 1. The molecule has 106 valence electrons. The van der Waals surface area contributed by atoms with Crippen LogP contribution in [0.1, 0.15) is 15.5 Å². The first-order valence-electron chi connectivity index (χ1n) is 6.19. The monoisotopic (exact) mass is 301 g/mol. The van der Waals surface area contributed by atoms with Crippen LogP contribution in [0.25, 0.3) is 10.2 Å². The fourth-order valence-electron chi connectivity index (χ4n) is 1.79. The number of hydrogen-bond acceptors (Lipinski definition) is 6. The van der Waals surface area contributed by atoms with E-state index in [0.717, 1.165) is 19.9 Å². The summed E-state index contributed by atoms with van der Waals surface area (Å²) < 4.78 is 7.31. The fourth-order valence-corrected chi connectivity index (χ4v) is 2.67. The number of rotatable bonds is 3. The van der Waals surface area contributed by atoms with Crippen molar-refractivity contribution < 1.29 is 9.53 Å². The van der Waals surface area contributed by atoms with Crippen LogP contribution in [0.3, 0.4) is 0 Å². The Kier molecular flexibility index (Phi) is 3.49. The van der Waals surface area contributed by atoms with Gasteiger partial charge in [-0.05, 0) is 18.2 Å². The minimum Gasteiger partial charge on any atom is -0.454 e. The van der Waals surface area contributed by atoms with Crippen LogP contribution >= 0.6 is 11.3 Å². The highest BCUT2D eigenvalue weighted by Gasteiger charge is 2.12. The summed E-state index contributed by atoms with van der Waals surface area (Å²) in [6.45, 7) is 0.0860. The molecule has 0 bridgehead atoms. The van der Waals surface area contributed by atoms with E-state index in [0.29, 0.717) is 0 Å². The molecule has 6 nitrogen and oxygen atoms in total. The fraction of sp³-hybridized carbons (Fsp3) is 0.143. The van der Waals surface area contributed by atoms with Gasteiger partial charge in [-0.3, -0.25) is 4.79 Å². The first kappa shape index (κ1) is 13.4. The molecule has 0 radical (unpaired) electrons. The van der Waals surface area contributed by atoms with Crippen LogP contribution in [0.15, 0.2) is 41.2 Å². The van der Waals surface area contributed by atoms with Crippen LogP contribution in [0, 0.1) is 0 Å². The number of esters is 1. The Morgan fingerprint density at radius 3 is 2.86 bits per heavy atom. The Bertz CT molecular complexity index is 836. The summed E-state index contributed by atoms with van der Waals surface area (Å²) in [5.74, 6) is -0.579. The van der Waals surface area contributed by atoms with Gasteiger partial charge < -0.3 is 4.74 Å². The predicted octanol–water partition coefficient (Wildman–Crippen LogP) is 1.75. The molecule has 0 N–H and O–H groups in total. The Balaban J connectivity index is 1.73. The van der Waals surface area contributed by atoms with Gasteiger partial charge >= 0.3 is 5.97 Å². The summed E-state index contributed by atoms with van der Waals surface area (Å²) >= 11 is 1.48. The van der Waals surface area contributed by atoms with Crippen LogP contribution in [0.5, 0.6) is 0 Å². The number of aryl methyl sites for hydroxylation is 1. The van der Waals surface area contributed by atoms with E-state index in [9.17, 15) is 9.59 Å². The summed E-state index contributed by atoms with van der Waals surface area (Å²) in [5.41, 5.74) is 0.699. The van der Waals surface area contributed by atoms with Crippen molar-refractivity contribution in [3.05, 3.63) is 57.5 Å². The first-order chi connectivity index (χ1) is 10.1. The second kappa shape index (κ2) is 5.45. The first-order valence-corrected chi connectivity index (χ1v) is 7.01. The van der Waals surface area contributed by atoms with Crippen molar-refractivity contribution in [2.24, 2.45) is 7.05 Å². The minimum atomic E-state index is -0.579. The molecule has 0 aliphatic carbocycles. The Hall–Kier alpha value is -2.54. The second-order valence-corrected chi connectivity index (χ2v) is 5.45. The largest absolute Gasteiger partial charge is 0.454 e. The van der Waals surface area contributed by atoms with Crippen molar-refractivity contribution in [2.75, 3.05) is 0 Å². The number of ether oxygens (including phenoxy) is 1. The van der Waals surface area contributed by atoms with Gasteiger partial charge in [0.05, 0.1) is 10.2 Å². The minimum absolute atomic E-state index is 0.0860. The number of thiazole rings is 1. The third-order valence-corrected chi connectivity index (χ3v) is 3.84. The number of para-hydroxylation sites is 1. The molecule has 0 unspecified atom stereocenters. The molecular formula is C14H11N3O3S. The molecule has 1 aromatic carbocycles. The van der Waals surface area contributed by atoms with E-state index < -0.39 is 5.97 Å². The quantitative estimate of drug-likeness (QED) is 0.689. The van der Waals surface area contributed by atoms with Crippen molar-refractivity contribution >= 4 is 27.5 Å². The SMILES string of the molecule is Cn1nc(C(=O)OCc2nc3ccccc3s2)ccc1=O. The van der Waals surface area contributed by atoms with E-state index in [-0.39, 0.29) is 17.9 Å². The maximum absolute atomic E-state index is 11.9. The van der Waals surface area contributed by atoms with Crippen LogP contribution in [-0.2, 0) is 18.4 Å². The number of aromatic nitrogens is 3. The molecule has 3 rings (SSSR count). The molecule has 0 saturated carbocycles. The van der Waals surface area contributed by atoms with E-state index >= 15 is 0 Å². The lowest BCUT2D eigenvalue weighted by Crippen LogP contribution is -2.21. The Morgan fingerprint density at radius 2 is 2.10 bits per heavy atom. The predicted molar refractivity (Wildman–Crippen MR) is 78.2 cm³/mol. The van der Waals surface area contributed by atoms with Crippen molar-refractivity contribution in [3.8, 4) is 0 Å². The maximum Gasteiger partial charge on any atom is 0.359 e. The molecular weight excluding hydrogens is 290 g/mol. The molecule has 2 heterocycles. The lowest BCUT2D eigenvalue weighted by atomic mass is 10.3. The van der Waals surface area contributed by atoms with E-state index in [2.05, 4.69) is 10.1 Å². The van der Waals surface area contributed by atoms with Crippen molar-refractivity contribution in [1.29, 1.82) is 0 Å². The molecule has 0 aliphatic heterocycles. The highest BCUT2D eigenvalue weighted by atomic mass is 32.1. The van der Waals surface area contributed by atoms with Gasteiger partial charge in [0.15, 0.2) is 5.69 Å². The number of nitrogens with zero attached hydrogens (tertiary/aromatic N) is 3.